The normalized spacial score (nSPS) is 10.8. The maximum absolute atomic E-state index is 4.26. The minimum atomic E-state index is 0.597. The fourth-order valence-corrected chi connectivity index (χ4v) is 2.30. The van der Waals surface area contributed by atoms with Crippen LogP contribution in [0.3, 0.4) is 0 Å². The molecule has 0 atom stereocenters. The van der Waals surface area contributed by atoms with Crippen LogP contribution in [0, 0.1) is 0 Å². The smallest absolute Gasteiger partial charge is 0.0942 e. The maximum atomic E-state index is 4.26. The van der Waals surface area contributed by atoms with Crippen LogP contribution >= 0.6 is 11.3 Å². The first-order valence-electron chi connectivity index (χ1n) is 5.98. The molecule has 90 valence electrons. The number of nitrogens with zero attached hydrogens (tertiary/aromatic N) is 1. The van der Waals surface area contributed by atoms with Crippen molar-refractivity contribution in [1.29, 1.82) is 0 Å². The van der Waals surface area contributed by atoms with E-state index >= 15 is 0 Å². The van der Waals surface area contributed by atoms with Crippen LogP contribution in [0.25, 0.3) is 0 Å². The van der Waals surface area contributed by atoms with Crippen LogP contribution in [-0.2, 0) is 6.42 Å². The highest BCUT2D eigenvalue weighted by Crippen LogP contribution is 2.17. The molecule has 1 aromatic heterocycles. The van der Waals surface area contributed by atoms with E-state index in [1.54, 1.807) is 11.3 Å². The third-order valence-corrected chi connectivity index (χ3v) is 3.57. The first-order valence-corrected chi connectivity index (χ1v) is 6.86. The Morgan fingerprint density at radius 3 is 2.59 bits per heavy atom. The van der Waals surface area contributed by atoms with Gasteiger partial charge in [0.1, 0.15) is 0 Å². The van der Waals surface area contributed by atoms with E-state index in [9.17, 15) is 0 Å². The second kappa shape index (κ2) is 5.82. The van der Waals surface area contributed by atoms with Crippen LogP contribution < -0.4 is 5.32 Å². The molecule has 0 saturated carbocycles. The number of benzene rings is 1. The van der Waals surface area contributed by atoms with Gasteiger partial charge in [-0.15, -0.1) is 11.3 Å². The molecule has 2 nitrogen and oxygen atoms in total. The molecular formula is C14H18N2S. The van der Waals surface area contributed by atoms with E-state index in [1.807, 2.05) is 11.6 Å². The van der Waals surface area contributed by atoms with Crippen LogP contribution in [0.2, 0.25) is 0 Å². The number of rotatable bonds is 5. The first-order chi connectivity index (χ1) is 8.25. The topological polar surface area (TPSA) is 24.9 Å². The molecule has 0 aliphatic heterocycles. The van der Waals surface area contributed by atoms with Gasteiger partial charge in [-0.05, 0) is 23.6 Å². The summed E-state index contributed by atoms with van der Waals surface area (Å²) in [5.74, 6) is 0.597. The lowest BCUT2D eigenvalue weighted by atomic mass is 10.0. The summed E-state index contributed by atoms with van der Waals surface area (Å²) in [7, 11) is 0. The summed E-state index contributed by atoms with van der Waals surface area (Å²) < 4.78 is 0. The van der Waals surface area contributed by atoms with Gasteiger partial charge < -0.3 is 5.32 Å². The molecule has 1 aromatic carbocycles. The van der Waals surface area contributed by atoms with Gasteiger partial charge in [-0.2, -0.15) is 0 Å². The zero-order valence-electron chi connectivity index (χ0n) is 10.3. The highest BCUT2D eigenvalue weighted by atomic mass is 32.1. The van der Waals surface area contributed by atoms with Gasteiger partial charge in [0.25, 0.3) is 0 Å². The van der Waals surface area contributed by atoms with Gasteiger partial charge in [-0.3, -0.25) is 0 Å². The van der Waals surface area contributed by atoms with E-state index in [-0.39, 0.29) is 0 Å². The summed E-state index contributed by atoms with van der Waals surface area (Å²) in [6.45, 7) is 5.37. The Hall–Kier alpha value is -1.35. The predicted octanol–water partition coefficient (Wildman–Crippen LogP) is 3.92. The second-order valence-electron chi connectivity index (χ2n) is 4.38. The number of aromatic nitrogens is 1. The van der Waals surface area contributed by atoms with Gasteiger partial charge in [0, 0.05) is 30.2 Å². The van der Waals surface area contributed by atoms with E-state index in [2.05, 4.69) is 48.4 Å². The Kier molecular flexibility index (Phi) is 4.15. The van der Waals surface area contributed by atoms with Gasteiger partial charge in [0.15, 0.2) is 0 Å². The van der Waals surface area contributed by atoms with Crippen LogP contribution in [0.4, 0.5) is 5.69 Å². The quantitative estimate of drug-likeness (QED) is 0.865. The van der Waals surface area contributed by atoms with Crippen molar-refractivity contribution in [3.8, 4) is 0 Å². The molecule has 0 spiro atoms. The van der Waals surface area contributed by atoms with E-state index in [0.29, 0.717) is 5.92 Å². The molecule has 0 saturated heterocycles. The molecule has 0 radical (unpaired) electrons. The Labute approximate surface area is 107 Å². The second-order valence-corrected chi connectivity index (χ2v) is 5.36. The van der Waals surface area contributed by atoms with Gasteiger partial charge in [0.05, 0.1) is 5.01 Å². The average molecular weight is 246 g/mol. The summed E-state index contributed by atoms with van der Waals surface area (Å²) in [5.41, 5.74) is 2.57. The molecule has 0 amide bonds. The molecule has 0 aliphatic rings. The fraction of sp³-hybridized carbons (Fsp3) is 0.357. The summed E-state index contributed by atoms with van der Waals surface area (Å²) in [6, 6.07) is 8.68. The zero-order chi connectivity index (χ0) is 12.1. The Bertz CT molecular complexity index is 432. The van der Waals surface area contributed by atoms with E-state index < -0.39 is 0 Å². The molecule has 0 aliphatic carbocycles. The summed E-state index contributed by atoms with van der Waals surface area (Å²) in [4.78, 5) is 4.26. The fourth-order valence-electron chi connectivity index (χ4n) is 1.68. The SMILES string of the molecule is CC(C)c1ccc(NCCc2nccs2)cc1. The van der Waals surface area contributed by atoms with Crippen LogP contribution in [0.1, 0.15) is 30.3 Å². The number of nitrogens with one attached hydrogen (secondary N) is 1. The standard InChI is InChI=1S/C14H18N2S/c1-11(2)12-3-5-13(6-4-12)15-8-7-14-16-9-10-17-14/h3-6,9-11,15H,7-8H2,1-2H3. The van der Waals surface area contributed by atoms with Crippen molar-refractivity contribution in [2.75, 3.05) is 11.9 Å². The highest BCUT2D eigenvalue weighted by molar-refractivity contribution is 7.09. The largest absolute Gasteiger partial charge is 0.385 e. The molecule has 1 N–H and O–H groups in total. The maximum Gasteiger partial charge on any atom is 0.0942 e. The van der Waals surface area contributed by atoms with Gasteiger partial charge in [-0.1, -0.05) is 26.0 Å². The monoisotopic (exact) mass is 246 g/mol. The molecule has 1 heterocycles. The van der Waals surface area contributed by atoms with Gasteiger partial charge in [0.2, 0.25) is 0 Å². The summed E-state index contributed by atoms with van der Waals surface area (Å²) in [5, 5.41) is 6.63. The van der Waals surface area contributed by atoms with Crippen molar-refractivity contribution in [3.05, 3.63) is 46.4 Å². The lowest BCUT2D eigenvalue weighted by molar-refractivity contribution is 0.866. The zero-order valence-corrected chi connectivity index (χ0v) is 11.1. The summed E-state index contributed by atoms with van der Waals surface area (Å²) in [6.07, 6.45) is 2.85. The van der Waals surface area contributed by atoms with E-state index in [1.165, 1.54) is 16.3 Å². The van der Waals surface area contributed by atoms with E-state index in [0.717, 1.165) is 13.0 Å². The minimum Gasteiger partial charge on any atom is -0.385 e. The lowest BCUT2D eigenvalue weighted by Crippen LogP contribution is -2.04. The summed E-state index contributed by atoms with van der Waals surface area (Å²) >= 11 is 1.71. The van der Waals surface area contributed by atoms with Crippen molar-refractivity contribution in [1.82, 2.24) is 4.98 Å². The van der Waals surface area contributed by atoms with Crippen molar-refractivity contribution in [2.24, 2.45) is 0 Å². The Balaban J connectivity index is 1.83. The highest BCUT2D eigenvalue weighted by Gasteiger charge is 1.99. The molecule has 2 rings (SSSR count). The van der Waals surface area contributed by atoms with Gasteiger partial charge in [-0.25, -0.2) is 4.98 Å². The first kappa shape index (κ1) is 12.1. The minimum absolute atomic E-state index is 0.597. The third-order valence-electron chi connectivity index (χ3n) is 2.73. The number of anilines is 1. The molecule has 0 bridgehead atoms. The molecule has 3 heteroatoms. The van der Waals surface area contributed by atoms with Gasteiger partial charge >= 0.3 is 0 Å². The van der Waals surface area contributed by atoms with Crippen molar-refractivity contribution >= 4 is 17.0 Å². The predicted molar refractivity (Wildman–Crippen MR) is 74.8 cm³/mol. The molecule has 17 heavy (non-hydrogen) atoms. The van der Waals surface area contributed by atoms with Crippen molar-refractivity contribution < 1.29 is 0 Å². The number of hydrogen-bond acceptors (Lipinski definition) is 3. The van der Waals surface area contributed by atoms with Crippen LogP contribution in [0.15, 0.2) is 35.8 Å². The number of thiazole rings is 1. The third kappa shape index (κ3) is 3.56. The molecular weight excluding hydrogens is 228 g/mol. The Morgan fingerprint density at radius 1 is 1.24 bits per heavy atom. The molecule has 2 aromatic rings. The Morgan fingerprint density at radius 2 is 2.00 bits per heavy atom. The van der Waals surface area contributed by atoms with Crippen LogP contribution in [0.5, 0.6) is 0 Å². The lowest BCUT2D eigenvalue weighted by Gasteiger charge is -2.08. The average Bonchev–Trinajstić information content (AvgIpc) is 2.83. The van der Waals surface area contributed by atoms with Crippen molar-refractivity contribution in [2.45, 2.75) is 26.2 Å². The van der Waals surface area contributed by atoms with E-state index in [4.69, 9.17) is 0 Å². The molecule has 0 fully saturated rings. The molecule has 0 unspecified atom stereocenters. The van der Waals surface area contributed by atoms with Crippen molar-refractivity contribution in [3.63, 3.8) is 0 Å². The van der Waals surface area contributed by atoms with Crippen LogP contribution in [-0.4, -0.2) is 11.5 Å². The number of hydrogen-bond donors (Lipinski definition) is 1.